The summed E-state index contributed by atoms with van der Waals surface area (Å²) < 4.78 is 57.3. The number of aromatic nitrogens is 3. The molecule has 3 aromatic rings. The number of nitrogens with one attached hydrogen (secondary N) is 1. The summed E-state index contributed by atoms with van der Waals surface area (Å²) in [5.74, 6) is 0.618. The Kier molecular flexibility index (Phi) is 7.52. The lowest BCUT2D eigenvalue weighted by Gasteiger charge is -2.17. The molecule has 0 saturated carbocycles. The van der Waals surface area contributed by atoms with Gasteiger partial charge in [0.2, 0.25) is 5.75 Å². The smallest absolute Gasteiger partial charge is 0.417 e. The fourth-order valence-electron chi connectivity index (χ4n) is 3.06. The standard InChI is InChI=1S/C21H22ClF3N4O4/c1-4-31-15-7-12(8-16(32-5-2)18(15)33-6-3)20(30)26-10-17-27-28-19-14(22)9-13(11-29(17)19)21(23,24)25/h7-9,11H,4-6,10H2,1-3H3,(H,26,30). The van der Waals surface area contributed by atoms with Crippen LogP contribution in [-0.4, -0.2) is 40.3 Å². The van der Waals surface area contributed by atoms with Crippen molar-refractivity contribution in [2.75, 3.05) is 19.8 Å². The third kappa shape index (κ3) is 5.41. The zero-order valence-electron chi connectivity index (χ0n) is 18.1. The Balaban J connectivity index is 1.89. The van der Waals surface area contributed by atoms with Gasteiger partial charge in [-0.3, -0.25) is 9.20 Å². The molecule has 1 N–H and O–H groups in total. The summed E-state index contributed by atoms with van der Waals surface area (Å²) in [6.45, 7) is 6.24. The first kappa shape index (κ1) is 24.4. The predicted octanol–water partition coefficient (Wildman–Crippen LogP) is 4.53. The average Bonchev–Trinajstić information content (AvgIpc) is 3.17. The van der Waals surface area contributed by atoms with E-state index < -0.39 is 17.6 Å². The van der Waals surface area contributed by atoms with Crippen LogP contribution in [0.4, 0.5) is 13.2 Å². The highest BCUT2D eigenvalue weighted by atomic mass is 35.5. The fraction of sp³-hybridized carbons (Fsp3) is 0.381. The van der Waals surface area contributed by atoms with E-state index in [1.54, 1.807) is 13.8 Å². The topological polar surface area (TPSA) is 87.0 Å². The minimum atomic E-state index is -4.60. The van der Waals surface area contributed by atoms with Crippen LogP contribution < -0.4 is 19.5 Å². The molecule has 0 atom stereocenters. The Hall–Kier alpha value is -3.21. The number of halogens is 4. The van der Waals surface area contributed by atoms with E-state index in [0.717, 1.165) is 16.7 Å². The van der Waals surface area contributed by atoms with Crippen LogP contribution in [0, 0.1) is 0 Å². The molecule has 1 amide bonds. The van der Waals surface area contributed by atoms with Gasteiger partial charge < -0.3 is 19.5 Å². The highest BCUT2D eigenvalue weighted by molar-refractivity contribution is 6.33. The number of amides is 1. The Morgan fingerprint density at radius 2 is 1.64 bits per heavy atom. The highest BCUT2D eigenvalue weighted by Gasteiger charge is 2.32. The Labute approximate surface area is 192 Å². The van der Waals surface area contributed by atoms with Crippen LogP contribution in [0.3, 0.4) is 0 Å². The molecule has 2 aromatic heterocycles. The second-order valence-electron chi connectivity index (χ2n) is 6.67. The van der Waals surface area contributed by atoms with E-state index in [1.807, 2.05) is 6.92 Å². The van der Waals surface area contributed by atoms with Crippen LogP contribution in [0.1, 0.15) is 42.5 Å². The first-order valence-electron chi connectivity index (χ1n) is 10.1. The molecule has 0 spiro atoms. The molecule has 178 valence electrons. The summed E-state index contributed by atoms with van der Waals surface area (Å²) >= 11 is 5.92. The molecular weight excluding hydrogens is 465 g/mol. The number of benzene rings is 1. The number of hydrogen-bond acceptors (Lipinski definition) is 6. The SMILES string of the molecule is CCOc1cc(C(=O)NCc2nnc3c(Cl)cc(C(F)(F)F)cn23)cc(OCC)c1OCC. The normalized spacial score (nSPS) is 11.5. The third-order valence-corrected chi connectivity index (χ3v) is 4.71. The molecule has 0 radical (unpaired) electrons. The molecule has 0 fully saturated rings. The van der Waals surface area contributed by atoms with Crippen molar-refractivity contribution in [3.8, 4) is 17.2 Å². The minimum absolute atomic E-state index is 0.0484. The van der Waals surface area contributed by atoms with Crippen molar-refractivity contribution in [3.63, 3.8) is 0 Å². The van der Waals surface area contributed by atoms with Crippen LogP contribution in [-0.2, 0) is 12.7 Å². The third-order valence-electron chi connectivity index (χ3n) is 4.44. The lowest BCUT2D eigenvalue weighted by Crippen LogP contribution is -2.24. The Bertz CT molecular complexity index is 1120. The largest absolute Gasteiger partial charge is 0.490 e. The maximum Gasteiger partial charge on any atom is 0.417 e. The molecular formula is C21H22ClF3N4O4. The van der Waals surface area contributed by atoms with Gasteiger partial charge in [0.15, 0.2) is 23.0 Å². The van der Waals surface area contributed by atoms with Gasteiger partial charge in [0.05, 0.1) is 37.0 Å². The molecule has 12 heteroatoms. The summed E-state index contributed by atoms with van der Waals surface area (Å²) in [6.07, 6.45) is -3.77. The van der Waals surface area contributed by atoms with E-state index in [0.29, 0.717) is 37.1 Å². The van der Waals surface area contributed by atoms with Crippen molar-refractivity contribution < 1.29 is 32.2 Å². The van der Waals surface area contributed by atoms with Crippen molar-refractivity contribution in [2.24, 2.45) is 0 Å². The predicted molar refractivity (Wildman–Crippen MR) is 114 cm³/mol. The molecule has 8 nitrogen and oxygen atoms in total. The van der Waals surface area contributed by atoms with E-state index in [9.17, 15) is 18.0 Å². The molecule has 33 heavy (non-hydrogen) atoms. The molecule has 1 aromatic carbocycles. The summed E-state index contributed by atoms with van der Waals surface area (Å²) in [7, 11) is 0. The van der Waals surface area contributed by atoms with Gasteiger partial charge in [-0.15, -0.1) is 10.2 Å². The molecule has 3 rings (SSSR count). The Morgan fingerprint density at radius 1 is 1.03 bits per heavy atom. The van der Waals surface area contributed by atoms with Crippen molar-refractivity contribution in [1.29, 1.82) is 0 Å². The number of alkyl halides is 3. The van der Waals surface area contributed by atoms with Crippen molar-refractivity contribution in [2.45, 2.75) is 33.5 Å². The minimum Gasteiger partial charge on any atom is -0.490 e. The van der Waals surface area contributed by atoms with Crippen LogP contribution in [0.2, 0.25) is 5.02 Å². The van der Waals surface area contributed by atoms with E-state index >= 15 is 0 Å². The van der Waals surface area contributed by atoms with E-state index in [1.165, 1.54) is 12.1 Å². The lowest BCUT2D eigenvalue weighted by atomic mass is 10.1. The van der Waals surface area contributed by atoms with Gasteiger partial charge in [0.25, 0.3) is 5.91 Å². The maximum absolute atomic E-state index is 13.1. The first-order valence-corrected chi connectivity index (χ1v) is 10.5. The second-order valence-corrected chi connectivity index (χ2v) is 7.07. The van der Waals surface area contributed by atoms with Crippen LogP contribution >= 0.6 is 11.6 Å². The average molecular weight is 487 g/mol. The molecule has 0 aliphatic carbocycles. The van der Waals surface area contributed by atoms with Crippen LogP contribution in [0.25, 0.3) is 5.65 Å². The van der Waals surface area contributed by atoms with Crippen molar-refractivity contribution in [3.05, 3.63) is 46.4 Å². The number of carbonyl (C=O) groups is 1. The van der Waals surface area contributed by atoms with Gasteiger partial charge in [-0.2, -0.15) is 13.2 Å². The molecule has 0 unspecified atom stereocenters. The Morgan fingerprint density at radius 3 is 2.18 bits per heavy atom. The van der Waals surface area contributed by atoms with Crippen LogP contribution in [0.15, 0.2) is 24.4 Å². The van der Waals surface area contributed by atoms with Gasteiger partial charge in [0, 0.05) is 11.8 Å². The second kappa shape index (κ2) is 10.2. The fourth-order valence-corrected chi connectivity index (χ4v) is 3.30. The quantitative estimate of drug-likeness (QED) is 0.478. The first-order chi connectivity index (χ1) is 15.7. The van der Waals surface area contributed by atoms with E-state index in [-0.39, 0.29) is 28.6 Å². The number of ether oxygens (including phenoxy) is 3. The van der Waals surface area contributed by atoms with E-state index in [2.05, 4.69) is 15.5 Å². The molecule has 2 heterocycles. The summed E-state index contributed by atoms with van der Waals surface area (Å²) in [5.41, 5.74) is -0.693. The molecule has 0 aliphatic rings. The van der Waals surface area contributed by atoms with Gasteiger partial charge in [-0.25, -0.2) is 0 Å². The number of nitrogens with zero attached hydrogens (tertiary/aromatic N) is 3. The highest BCUT2D eigenvalue weighted by Crippen LogP contribution is 2.39. The van der Waals surface area contributed by atoms with Gasteiger partial charge >= 0.3 is 6.18 Å². The zero-order valence-corrected chi connectivity index (χ0v) is 18.9. The van der Waals surface area contributed by atoms with Crippen LogP contribution in [0.5, 0.6) is 17.2 Å². The van der Waals surface area contributed by atoms with Gasteiger partial charge in [0.1, 0.15) is 0 Å². The van der Waals surface area contributed by atoms with E-state index in [4.69, 9.17) is 25.8 Å². The zero-order chi connectivity index (χ0) is 24.2. The number of fused-ring (bicyclic) bond motifs is 1. The molecule has 0 aliphatic heterocycles. The summed E-state index contributed by atoms with van der Waals surface area (Å²) in [5, 5.41) is 10.1. The maximum atomic E-state index is 13.1. The van der Waals surface area contributed by atoms with Crippen molar-refractivity contribution in [1.82, 2.24) is 19.9 Å². The summed E-state index contributed by atoms with van der Waals surface area (Å²) in [6, 6.07) is 3.79. The molecule has 0 bridgehead atoms. The number of hydrogen-bond donors (Lipinski definition) is 1. The monoisotopic (exact) mass is 486 g/mol. The lowest BCUT2D eigenvalue weighted by molar-refractivity contribution is -0.137. The molecule has 0 saturated heterocycles. The summed E-state index contributed by atoms with van der Waals surface area (Å²) in [4.78, 5) is 12.8. The number of rotatable bonds is 9. The van der Waals surface area contributed by atoms with Gasteiger partial charge in [-0.1, -0.05) is 11.6 Å². The van der Waals surface area contributed by atoms with Crippen molar-refractivity contribution >= 4 is 23.2 Å². The van der Waals surface area contributed by atoms with Gasteiger partial charge in [-0.05, 0) is 39.0 Å². The number of carbonyl (C=O) groups excluding carboxylic acids is 1. The number of pyridine rings is 1.